The number of fused-ring (bicyclic) bond motifs is 1. The highest BCUT2D eigenvalue weighted by Gasteiger charge is 2.22. The number of furan rings is 1. The Morgan fingerprint density at radius 1 is 0.953 bits per heavy atom. The number of carbonyl (C=O) groups excluding carboxylic acids is 1. The Balaban J connectivity index is 1.04. The lowest BCUT2D eigenvalue weighted by atomic mass is 10.0. The quantitative estimate of drug-likeness (QED) is 0.183. The van der Waals surface area contributed by atoms with Gasteiger partial charge in [-0.25, -0.2) is 9.78 Å². The Bertz CT molecular complexity index is 1770. The molecule has 0 spiro atoms. The summed E-state index contributed by atoms with van der Waals surface area (Å²) in [5, 5.41) is 10.2. The van der Waals surface area contributed by atoms with E-state index in [0.717, 1.165) is 70.5 Å². The molecule has 0 atom stereocenters. The van der Waals surface area contributed by atoms with Crippen LogP contribution < -0.4 is 4.90 Å². The summed E-state index contributed by atoms with van der Waals surface area (Å²) in [6.07, 6.45) is 3.82. The first kappa shape index (κ1) is 28.4. The second-order valence-corrected chi connectivity index (χ2v) is 11.2. The largest absolute Gasteiger partial charge is 0.478 e. The molecule has 3 heterocycles. The maximum atomic E-state index is 13.2. The van der Waals surface area contributed by atoms with Gasteiger partial charge in [-0.3, -0.25) is 4.79 Å². The molecule has 0 aliphatic carbocycles. The third-order valence-electron chi connectivity index (χ3n) is 8.31. The summed E-state index contributed by atoms with van der Waals surface area (Å²) in [5.74, 6) is 0.288. The number of anilines is 1. The van der Waals surface area contributed by atoms with Gasteiger partial charge in [0.25, 0.3) is 0 Å². The Hall–Kier alpha value is -4.75. The van der Waals surface area contributed by atoms with Gasteiger partial charge in [-0.15, -0.1) is 0 Å². The standard InChI is InChI=1S/C36H34N2O5/c1-23-8-10-28(36(40)41)19-29(23)22-42-30-14-16-38(17-15-30)34-13-9-25(21-37-34)18-32(39)35-24(2)31-20-27(11-12-33(31)43-35)26-6-4-3-5-7-26/h3-13,19-21,30H,14-18,22H2,1-2H3,(H,40,41). The van der Waals surface area contributed by atoms with Crippen LogP contribution >= 0.6 is 0 Å². The van der Waals surface area contributed by atoms with E-state index in [-0.39, 0.29) is 23.9 Å². The van der Waals surface area contributed by atoms with Crippen molar-refractivity contribution in [2.75, 3.05) is 18.0 Å². The summed E-state index contributed by atoms with van der Waals surface area (Å²) in [5.41, 5.74) is 6.84. The molecule has 6 rings (SSSR count). The number of hydrogen-bond acceptors (Lipinski definition) is 6. The zero-order valence-electron chi connectivity index (χ0n) is 24.4. The van der Waals surface area contributed by atoms with Gasteiger partial charge in [-0.2, -0.15) is 0 Å². The zero-order valence-corrected chi connectivity index (χ0v) is 24.4. The minimum Gasteiger partial charge on any atom is -0.478 e. The summed E-state index contributed by atoms with van der Waals surface area (Å²) >= 11 is 0. The van der Waals surface area contributed by atoms with Gasteiger partial charge in [-0.1, -0.05) is 48.5 Å². The fraction of sp³-hybridized carbons (Fsp3) is 0.250. The molecule has 0 bridgehead atoms. The van der Waals surface area contributed by atoms with Crippen molar-refractivity contribution in [3.05, 3.63) is 119 Å². The van der Waals surface area contributed by atoms with E-state index >= 15 is 0 Å². The van der Waals surface area contributed by atoms with Crippen molar-refractivity contribution in [2.45, 2.75) is 45.8 Å². The number of aromatic carboxylic acids is 1. The Kier molecular flexibility index (Phi) is 8.07. The van der Waals surface area contributed by atoms with E-state index in [0.29, 0.717) is 18.0 Å². The molecule has 0 amide bonds. The first-order valence-electron chi connectivity index (χ1n) is 14.6. The third-order valence-corrected chi connectivity index (χ3v) is 8.31. The highest BCUT2D eigenvalue weighted by Crippen LogP contribution is 2.31. The fourth-order valence-corrected chi connectivity index (χ4v) is 5.69. The van der Waals surface area contributed by atoms with Crippen molar-refractivity contribution in [3.63, 3.8) is 0 Å². The molecule has 7 heteroatoms. The number of hydrogen-bond donors (Lipinski definition) is 1. The number of ketones is 1. The third kappa shape index (κ3) is 6.22. The molecule has 43 heavy (non-hydrogen) atoms. The number of benzene rings is 3. The Morgan fingerprint density at radius 3 is 2.47 bits per heavy atom. The predicted molar refractivity (Wildman–Crippen MR) is 167 cm³/mol. The Labute approximate surface area is 250 Å². The monoisotopic (exact) mass is 574 g/mol. The fourth-order valence-electron chi connectivity index (χ4n) is 5.69. The van der Waals surface area contributed by atoms with Crippen LogP contribution in [0.5, 0.6) is 0 Å². The van der Waals surface area contributed by atoms with Crippen molar-refractivity contribution < 1.29 is 23.8 Å². The number of ether oxygens (including phenoxy) is 1. The van der Waals surface area contributed by atoms with E-state index in [1.165, 1.54) is 0 Å². The van der Waals surface area contributed by atoms with Crippen LogP contribution in [-0.4, -0.2) is 41.0 Å². The lowest BCUT2D eigenvalue weighted by Crippen LogP contribution is -2.37. The summed E-state index contributed by atoms with van der Waals surface area (Å²) in [6.45, 7) is 5.93. The van der Waals surface area contributed by atoms with Crippen LogP contribution in [0, 0.1) is 13.8 Å². The summed E-state index contributed by atoms with van der Waals surface area (Å²) in [6, 6.07) is 25.3. The molecule has 2 aromatic heterocycles. The number of rotatable bonds is 9. The number of aryl methyl sites for hydroxylation is 2. The zero-order chi connectivity index (χ0) is 29.9. The highest BCUT2D eigenvalue weighted by molar-refractivity contribution is 6.02. The van der Waals surface area contributed by atoms with Gasteiger partial charge in [0, 0.05) is 36.7 Å². The second kappa shape index (κ2) is 12.2. The molecule has 0 unspecified atom stereocenters. The first-order valence-corrected chi connectivity index (χ1v) is 14.6. The molecule has 5 aromatic rings. The number of piperidine rings is 1. The highest BCUT2D eigenvalue weighted by atomic mass is 16.5. The van der Waals surface area contributed by atoms with Crippen LogP contribution in [0.25, 0.3) is 22.1 Å². The Morgan fingerprint density at radius 2 is 1.74 bits per heavy atom. The van der Waals surface area contributed by atoms with Crippen molar-refractivity contribution in [3.8, 4) is 11.1 Å². The molecule has 1 fully saturated rings. The van der Waals surface area contributed by atoms with Crippen molar-refractivity contribution in [1.82, 2.24) is 4.98 Å². The lowest BCUT2D eigenvalue weighted by molar-refractivity contribution is 0.0248. The number of aromatic nitrogens is 1. The van der Waals surface area contributed by atoms with Gasteiger partial charge < -0.3 is 19.2 Å². The van der Waals surface area contributed by atoms with Crippen LogP contribution in [0.4, 0.5) is 5.82 Å². The van der Waals surface area contributed by atoms with Crippen LogP contribution in [0.1, 0.15) is 56.0 Å². The summed E-state index contributed by atoms with van der Waals surface area (Å²) in [7, 11) is 0. The molecule has 7 nitrogen and oxygen atoms in total. The molecule has 0 radical (unpaired) electrons. The maximum Gasteiger partial charge on any atom is 0.335 e. The molecule has 218 valence electrons. The van der Waals surface area contributed by atoms with Crippen LogP contribution in [-0.2, 0) is 17.8 Å². The second-order valence-electron chi connectivity index (χ2n) is 11.2. The van der Waals surface area contributed by atoms with Gasteiger partial charge in [0.15, 0.2) is 5.76 Å². The molecule has 1 saturated heterocycles. The molecular weight excluding hydrogens is 540 g/mol. The van der Waals surface area contributed by atoms with E-state index in [1.807, 2.05) is 62.4 Å². The smallest absolute Gasteiger partial charge is 0.335 e. The normalized spacial score (nSPS) is 13.9. The minimum atomic E-state index is -0.931. The van der Waals surface area contributed by atoms with E-state index < -0.39 is 5.97 Å². The van der Waals surface area contributed by atoms with Gasteiger partial charge >= 0.3 is 5.97 Å². The number of nitrogens with zero attached hydrogens (tertiary/aromatic N) is 2. The molecule has 0 saturated carbocycles. The summed E-state index contributed by atoms with van der Waals surface area (Å²) < 4.78 is 12.2. The van der Waals surface area contributed by atoms with Crippen molar-refractivity contribution >= 4 is 28.5 Å². The molecule has 1 aliphatic rings. The number of carbonyl (C=O) groups is 2. The minimum absolute atomic E-state index is 0.0633. The van der Waals surface area contributed by atoms with Gasteiger partial charge in [0.05, 0.1) is 18.3 Å². The van der Waals surface area contributed by atoms with E-state index in [9.17, 15) is 14.7 Å². The number of carboxylic acids is 1. The van der Waals surface area contributed by atoms with Crippen LogP contribution in [0.2, 0.25) is 0 Å². The van der Waals surface area contributed by atoms with Gasteiger partial charge in [0.2, 0.25) is 5.78 Å². The van der Waals surface area contributed by atoms with E-state index in [4.69, 9.17) is 9.15 Å². The van der Waals surface area contributed by atoms with Crippen molar-refractivity contribution in [1.29, 1.82) is 0 Å². The van der Waals surface area contributed by atoms with E-state index in [1.54, 1.807) is 18.3 Å². The lowest BCUT2D eigenvalue weighted by Gasteiger charge is -2.33. The first-order chi connectivity index (χ1) is 20.9. The maximum absolute atomic E-state index is 13.2. The van der Waals surface area contributed by atoms with Crippen molar-refractivity contribution in [2.24, 2.45) is 0 Å². The molecule has 1 aliphatic heterocycles. The number of pyridine rings is 1. The number of Topliss-reactive ketones (excluding diaryl/α,β-unsaturated/α-hetero) is 1. The summed E-state index contributed by atoms with van der Waals surface area (Å²) in [4.78, 5) is 31.4. The van der Waals surface area contributed by atoms with Gasteiger partial charge in [0.1, 0.15) is 11.4 Å². The van der Waals surface area contributed by atoms with Crippen LogP contribution in [0.15, 0.2) is 89.5 Å². The SMILES string of the molecule is Cc1ccc(C(=O)O)cc1COC1CCN(c2ccc(CC(=O)c3oc4ccc(-c5ccccc5)cc4c3C)cn2)CC1. The average Bonchev–Trinajstić information content (AvgIpc) is 3.37. The van der Waals surface area contributed by atoms with Crippen LogP contribution in [0.3, 0.4) is 0 Å². The van der Waals surface area contributed by atoms with E-state index in [2.05, 4.69) is 28.1 Å². The molecule has 1 N–H and O–H groups in total. The van der Waals surface area contributed by atoms with Gasteiger partial charge in [-0.05, 0) is 84.8 Å². The predicted octanol–water partition coefficient (Wildman–Crippen LogP) is 7.42. The molecule has 3 aromatic carbocycles. The topological polar surface area (TPSA) is 92.9 Å². The number of carboxylic acid groups (broad SMARTS) is 1. The average molecular weight is 575 g/mol. The molecular formula is C36H34N2O5.